The van der Waals surface area contributed by atoms with Gasteiger partial charge in [-0.25, -0.2) is 0 Å². The summed E-state index contributed by atoms with van der Waals surface area (Å²) < 4.78 is 0. The Labute approximate surface area is 110 Å². The molecule has 0 aromatic heterocycles. The van der Waals surface area contributed by atoms with Crippen molar-refractivity contribution in [2.75, 3.05) is 0 Å². The summed E-state index contributed by atoms with van der Waals surface area (Å²) in [7, 11) is 0. The van der Waals surface area contributed by atoms with Crippen LogP contribution < -0.4 is 24.6 Å². The molecule has 0 radical (unpaired) electrons. The summed E-state index contributed by atoms with van der Waals surface area (Å²) in [6.07, 6.45) is 0. The molecule has 12 N–H and O–H groups in total. The first-order valence-electron chi connectivity index (χ1n) is 0. The zero-order valence-electron chi connectivity index (χ0n) is 4.83. The van der Waals surface area contributed by atoms with Crippen LogP contribution in [0.4, 0.5) is 0 Å². The van der Waals surface area contributed by atoms with E-state index in [2.05, 4.69) is 0 Å². The Balaban J connectivity index is 0. The summed E-state index contributed by atoms with van der Waals surface area (Å²) in [5.74, 6) is 0. The van der Waals surface area contributed by atoms with Gasteiger partial charge in [-0.15, -0.1) is 0 Å². The van der Waals surface area contributed by atoms with Crippen LogP contribution >= 0.6 is 0 Å². The van der Waals surface area contributed by atoms with Crippen molar-refractivity contribution in [2.45, 2.75) is 0 Å². The van der Waals surface area contributed by atoms with Crippen molar-refractivity contribution in [3.63, 3.8) is 0 Å². The molecule has 0 aromatic rings. The van der Waals surface area contributed by atoms with E-state index < -0.39 is 0 Å². The van der Waals surface area contributed by atoms with E-state index in [0.717, 1.165) is 0 Å². The van der Waals surface area contributed by atoms with Crippen molar-refractivity contribution in [3.8, 4) is 0 Å². The first-order valence-corrected chi connectivity index (χ1v) is 0. The fourth-order valence-corrected chi connectivity index (χ4v) is 0. The van der Waals surface area contributed by atoms with E-state index in [4.69, 9.17) is 0 Å². The molecule has 0 unspecified atom stereocenters. The number of rotatable bonds is 0. The molecule has 0 aromatic carbocycles. The molecule has 0 fully saturated rings. The van der Waals surface area contributed by atoms with Gasteiger partial charge in [0.1, 0.15) is 0 Å². The third-order valence-corrected chi connectivity index (χ3v) is 0. The molecule has 0 aliphatic rings. The normalized spacial score (nSPS) is 0. The molecule has 0 bridgehead atoms. The van der Waals surface area contributed by atoms with E-state index in [1.165, 1.54) is 0 Å². The van der Waals surface area contributed by atoms with Gasteiger partial charge in [0.2, 0.25) is 0 Å². The van der Waals surface area contributed by atoms with Gasteiger partial charge in [-0.1, -0.05) is 0 Å². The van der Waals surface area contributed by atoms with Crippen LogP contribution in [-0.4, -0.2) is 0 Å². The Hall–Kier alpha value is 2.70. The second-order valence-electron chi connectivity index (χ2n) is 0. The quantitative estimate of drug-likeness (QED) is 0.474. The third kappa shape index (κ3) is 70.8. The fourth-order valence-electron chi connectivity index (χ4n) is 0. The molecular weight excluding hydrogens is 247 g/mol. The second-order valence-corrected chi connectivity index (χ2v) is 0. The number of hydrogen-bond acceptors (Lipinski definition) is 4. The first kappa shape index (κ1) is 138. The minimum atomic E-state index is 0. The maximum absolute atomic E-state index is 0. The van der Waals surface area contributed by atoms with Gasteiger partial charge in [-0.3, -0.25) is 0 Å². The zero-order chi connectivity index (χ0) is 0. The molecule has 0 atom stereocenters. The molecule has 8 heavy (non-hydrogen) atoms. The Morgan fingerprint density at radius 2 is 0.250 bits per heavy atom. The average Bonchev–Trinajstić information content (AvgIpc) is 0. The molecule has 8 heteroatoms. The van der Waals surface area contributed by atoms with Crippen molar-refractivity contribution < 1.29 is 86.9 Å². The Morgan fingerprint density at radius 1 is 0.250 bits per heavy atom. The predicted molar refractivity (Wildman–Crippen MR) is 20.1 cm³/mol. The maximum Gasteiger partial charge on any atom is 0 e. The fraction of sp³-hybridized carbons (Fsp3) is 0. The van der Waals surface area contributed by atoms with Gasteiger partial charge in [-0.05, 0) is 0 Å². The zero-order valence-corrected chi connectivity index (χ0v) is 11.1. The first-order chi connectivity index (χ1) is 0. The van der Waals surface area contributed by atoms with Crippen molar-refractivity contribution in [2.24, 2.45) is 0 Å². The van der Waals surface area contributed by atoms with Crippen LogP contribution in [0.3, 0.4) is 0 Å². The summed E-state index contributed by atoms with van der Waals surface area (Å²) in [5.41, 5.74) is 0. The summed E-state index contributed by atoms with van der Waals surface area (Å²) in [4.78, 5) is 0. The van der Waals surface area contributed by atoms with Gasteiger partial charge in [0.25, 0.3) is 0 Å². The molecule has 0 saturated heterocycles. The van der Waals surface area contributed by atoms with Gasteiger partial charge in [0, 0.05) is 86.9 Å². The molecule has 0 aliphatic heterocycles. The molecule has 0 heterocycles. The van der Waals surface area contributed by atoms with Gasteiger partial charge < -0.3 is 24.6 Å². The van der Waals surface area contributed by atoms with Crippen molar-refractivity contribution in [3.05, 3.63) is 0 Å². The van der Waals surface area contributed by atoms with Gasteiger partial charge in [0.15, 0.2) is 0 Å². The van der Waals surface area contributed by atoms with Crippen molar-refractivity contribution in [1.29, 1.82) is 0 Å². The SMILES string of the molecule is N.N.N.N.[Ti].[Ti].[Ti].[Ti]. The van der Waals surface area contributed by atoms with Crippen LogP contribution in [0, 0.1) is 0 Å². The second kappa shape index (κ2) is 101. The van der Waals surface area contributed by atoms with Gasteiger partial charge >= 0.3 is 0 Å². The monoisotopic (exact) mass is 260 g/mol. The minimum Gasteiger partial charge on any atom is -0.344 e. The Morgan fingerprint density at radius 3 is 0.250 bits per heavy atom. The van der Waals surface area contributed by atoms with Crippen LogP contribution in [0.15, 0.2) is 0 Å². The summed E-state index contributed by atoms with van der Waals surface area (Å²) >= 11 is 0. The predicted octanol–water partition coefficient (Wildman–Crippen LogP) is 0.638. The van der Waals surface area contributed by atoms with E-state index in [1.807, 2.05) is 0 Å². The van der Waals surface area contributed by atoms with Crippen LogP contribution in [-0.2, 0) is 86.9 Å². The van der Waals surface area contributed by atoms with Crippen LogP contribution in [0.5, 0.6) is 0 Å². The molecule has 4 nitrogen and oxygen atoms in total. The standard InChI is InChI=1S/4H3N.4Ti/h4*1H3;;;;. The van der Waals surface area contributed by atoms with E-state index in [9.17, 15) is 0 Å². The molecule has 48 valence electrons. The topological polar surface area (TPSA) is 140 Å². The molecule has 0 amide bonds. The largest absolute Gasteiger partial charge is 0.344 e. The molecule has 0 spiro atoms. The van der Waals surface area contributed by atoms with Gasteiger partial charge in [0.05, 0.1) is 0 Å². The van der Waals surface area contributed by atoms with Crippen LogP contribution in [0.2, 0.25) is 0 Å². The summed E-state index contributed by atoms with van der Waals surface area (Å²) in [6, 6.07) is 0. The molecule has 0 saturated carbocycles. The number of hydrogen-bond donors (Lipinski definition) is 4. The van der Waals surface area contributed by atoms with E-state index >= 15 is 0 Å². The average molecular weight is 260 g/mol. The van der Waals surface area contributed by atoms with Crippen molar-refractivity contribution >= 4 is 0 Å². The molecule has 0 aliphatic carbocycles. The smallest absolute Gasteiger partial charge is 0 e. The van der Waals surface area contributed by atoms with Crippen LogP contribution in [0.1, 0.15) is 0 Å². The molecule has 0 rings (SSSR count). The Kier molecular flexibility index (Phi) is 1740. The van der Waals surface area contributed by atoms with E-state index in [-0.39, 0.29) is 111 Å². The van der Waals surface area contributed by atoms with E-state index in [0.29, 0.717) is 0 Å². The maximum atomic E-state index is 0. The molecular formula is H12N4Ti4. The van der Waals surface area contributed by atoms with Crippen molar-refractivity contribution in [1.82, 2.24) is 24.6 Å². The van der Waals surface area contributed by atoms with E-state index in [1.54, 1.807) is 0 Å². The van der Waals surface area contributed by atoms with Crippen LogP contribution in [0.25, 0.3) is 0 Å². The third-order valence-electron chi connectivity index (χ3n) is 0. The minimum absolute atomic E-state index is 0. The Bertz CT molecular complexity index is 8.00. The summed E-state index contributed by atoms with van der Waals surface area (Å²) in [5, 5.41) is 0. The summed E-state index contributed by atoms with van der Waals surface area (Å²) in [6.45, 7) is 0. The van der Waals surface area contributed by atoms with Gasteiger partial charge in [-0.2, -0.15) is 0 Å².